The quantitative estimate of drug-likeness (QED) is 0.640. The summed E-state index contributed by atoms with van der Waals surface area (Å²) < 4.78 is 12.2. The van der Waals surface area contributed by atoms with Gasteiger partial charge in [-0.25, -0.2) is 4.98 Å². The fourth-order valence-corrected chi connectivity index (χ4v) is 2.95. The first kappa shape index (κ1) is 19.1. The zero-order valence-electron chi connectivity index (χ0n) is 14.4. The highest BCUT2D eigenvalue weighted by Crippen LogP contribution is 2.30. The largest absolute Gasteiger partial charge is 0.493 e. The van der Waals surface area contributed by atoms with E-state index < -0.39 is 0 Å². The third-order valence-corrected chi connectivity index (χ3v) is 5.76. The summed E-state index contributed by atoms with van der Waals surface area (Å²) in [5.74, 6) is 0.720. The van der Waals surface area contributed by atoms with E-state index in [-0.39, 0.29) is 16.3 Å². The van der Waals surface area contributed by atoms with E-state index in [2.05, 4.69) is 26.2 Å². The minimum atomic E-state index is -0.201. The van der Waals surface area contributed by atoms with E-state index in [4.69, 9.17) is 9.47 Å². The van der Waals surface area contributed by atoms with Gasteiger partial charge in [-0.2, -0.15) is 0 Å². The Morgan fingerprint density at radius 2 is 2.21 bits per heavy atom. The van der Waals surface area contributed by atoms with Crippen molar-refractivity contribution in [1.29, 1.82) is 0 Å². The van der Waals surface area contributed by atoms with Crippen LogP contribution in [0.1, 0.15) is 33.6 Å². The molecule has 1 aromatic carbocycles. The topological polar surface area (TPSA) is 60.5 Å². The number of nitrogens with zero attached hydrogens (tertiary/aromatic N) is 1. The van der Waals surface area contributed by atoms with Crippen molar-refractivity contribution in [3.8, 4) is 5.75 Å². The molecule has 0 spiro atoms. The maximum Gasteiger partial charge on any atom is 0.239 e. The van der Waals surface area contributed by atoms with Gasteiger partial charge in [0.15, 0.2) is 5.13 Å². The van der Waals surface area contributed by atoms with Crippen molar-refractivity contribution < 1.29 is 14.3 Å². The molecule has 0 radical (unpaired) electrons. The molecule has 0 aliphatic carbocycles. The molecule has 5 nitrogen and oxygen atoms in total. The zero-order chi connectivity index (χ0) is 17.7. The predicted molar refractivity (Wildman–Crippen MR) is 102 cm³/mol. The number of amides is 1. The van der Waals surface area contributed by atoms with Gasteiger partial charge in [-0.05, 0) is 38.5 Å². The monoisotopic (exact) mass is 414 g/mol. The van der Waals surface area contributed by atoms with Crippen LogP contribution in [0.3, 0.4) is 0 Å². The first-order valence-corrected chi connectivity index (χ1v) is 9.61. The number of hydrogen-bond acceptors (Lipinski definition) is 5. The van der Waals surface area contributed by atoms with Crippen LogP contribution in [-0.4, -0.2) is 35.0 Å². The summed E-state index contributed by atoms with van der Waals surface area (Å²) in [5, 5.41) is 3.44. The molecule has 24 heavy (non-hydrogen) atoms. The molecule has 7 heteroatoms. The number of thiazole rings is 1. The standard InChI is InChI=1S/C17H23BrN2O3S/c1-5-12(18)15(21)20-16-19-13-7-6-11(10-14(13)24-16)23-9-8-17(2,3)22-4/h6-7,10,12H,5,8-9H2,1-4H3,(H,19,20,21). The molecular weight excluding hydrogens is 392 g/mol. The number of methoxy groups -OCH3 is 1. The second-order valence-corrected chi connectivity index (χ2v) is 8.21. The Morgan fingerprint density at radius 1 is 1.46 bits per heavy atom. The Labute approximate surface area is 154 Å². The second-order valence-electron chi connectivity index (χ2n) is 6.08. The van der Waals surface area contributed by atoms with Crippen LogP contribution in [0.15, 0.2) is 18.2 Å². The minimum absolute atomic E-state index is 0.0742. The number of fused-ring (bicyclic) bond motifs is 1. The van der Waals surface area contributed by atoms with Crippen LogP contribution < -0.4 is 10.1 Å². The van der Waals surface area contributed by atoms with Crippen molar-refractivity contribution in [1.82, 2.24) is 4.98 Å². The summed E-state index contributed by atoms with van der Waals surface area (Å²) in [7, 11) is 1.70. The number of halogens is 1. The van der Waals surface area contributed by atoms with Crippen molar-refractivity contribution in [3.63, 3.8) is 0 Å². The van der Waals surface area contributed by atoms with Gasteiger partial charge in [0.2, 0.25) is 5.91 Å². The first-order chi connectivity index (χ1) is 11.3. The van der Waals surface area contributed by atoms with Crippen molar-refractivity contribution in [2.24, 2.45) is 0 Å². The molecule has 1 aromatic heterocycles. The van der Waals surface area contributed by atoms with Gasteiger partial charge in [-0.1, -0.05) is 34.2 Å². The van der Waals surface area contributed by atoms with Crippen LogP contribution >= 0.6 is 27.3 Å². The fraction of sp³-hybridized carbons (Fsp3) is 0.529. The Morgan fingerprint density at radius 3 is 2.88 bits per heavy atom. The number of alkyl halides is 1. The van der Waals surface area contributed by atoms with Gasteiger partial charge < -0.3 is 14.8 Å². The molecule has 0 saturated carbocycles. The molecule has 1 heterocycles. The number of carbonyl (C=O) groups is 1. The Balaban J connectivity index is 2.02. The summed E-state index contributed by atoms with van der Waals surface area (Å²) in [6.07, 6.45) is 1.53. The Bertz CT molecular complexity index is 702. The van der Waals surface area contributed by atoms with Gasteiger partial charge in [0.1, 0.15) is 5.75 Å². The molecule has 1 unspecified atom stereocenters. The molecule has 1 N–H and O–H groups in total. The molecule has 0 fully saturated rings. The summed E-state index contributed by atoms with van der Waals surface area (Å²) in [6.45, 7) is 6.60. The van der Waals surface area contributed by atoms with Crippen LogP contribution in [0.25, 0.3) is 10.2 Å². The maximum absolute atomic E-state index is 11.9. The van der Waals surface area contributed by atoms with Gasteiger partial charge in [0.05, 0.1) is 27.3 Å². The molecule has 0 aliphatic heterocycles. The van der Waals surface area contributed by atoms with Crippen molar-refractivity contribution >= 4 is 48.5 Å². The van der Waals surface area contributed by atoms with E-state index in [9.17, 15) is 4.79 Å². The van der Waals surface area contributed by atoms with E-state index in [0.717, 1.165) is 28.8 Å². The third kappa shape index (κ3) is 5.16. The van der Waals surface area contributed by atoms with Crippen molar-refractivity contribution in [2.45, 2.75) is 44.0 Å². The number of nitrogens with one attached hydrogen (secondary N) is 1. The van der Waals surface area contributed by atoms with Crippen molar-refractivity contribution in [3.05, 3.63) is 18.2 Å². The average molecular weight is 415 g/mol. The predicted octanol–water partition coefficient (Wildman–Crippen LogP) is 4.60. The van der Waals surface area contributed by atoms with Gasteiger partial charge in [-0.15, -0.1) is 0 Å². The summed E-state index contributed by atoms with van der Waals surface area (Å²) in [6, 6.07) is 5.75. The van der Waals surface area contributed by atoms with Crippen molar-refractivity contribution in [2.75, 3.05) is 19.0 Å². The molecule has 132 valence electrons. The SMILES string of the molecule is CCC(Br)C(=O)Nc1nc2ccc(OCCC(C)(C)OC)cc2s1. The van der Waals surface area contributed by atoms with Gasteiger partial charge >= 0.3 is 0 Å². The highest BCUT2D eigenvalue weighted by atomic mass is 79.9. The van der Waals surface area contributed by atoms with Crippen LogP contribution in [0.5, 0.6) is 5.75 Å². The average Bonchev–Trinajstić information content (AvgIpc) is 2.95. The third-order valence-electron chi connectivity index (χ3n) is 3.76. The molecule has 0 bridgehead atoms. The van der Waals surface area contributed by atoms with Crippen LogP contribution in [0.2, 0.25) is 0 Å². The molecule has 2 aromatic rings. The molecule has 0 aliphatic rings. The lowest BCUT2D eigenvalue weighted by atomic mass is 10.1. The minimum Gasteiger partial charge on any atom is -0.493 e. The maximum atomic E-state index is 11.9. The van der Waals surface area contributed by atoms with Gasteiger partial charge in [0.25, 0.3) is 0 Å². The number of anilines is 1. The number of rotatable bonds is 8. The van der Waals surface area contributed by atoms with E-state index in [1.165, 1.54) is 11.3 Å². The summed E-state index contributed by atoms with van der Waals surface area (Å²) >= 11 is 4.78. The Kier molecular flexibility index (Phi) is 6.60. The molecule has 2 rings (SSSR count). The molecular formula is C17H23BrN2O3S. The number of hydrogen-bond donors (Lipinski definition) is 1. The highest BCUT2D eigenvalue weighted by Gasteiger charge is 2.17. The second kappa shape index (κ2) is 8.27. The smallest absolute Gasteiger partial charge is 0.239 e. The number of benzene rings is 1. The molecule has 0 saturated heterocycles. The van der Waals surface area contributed by atoms with E-state index >= 15 is 0 Å². The van der Waals surface area contributed by atoms with Crippen LogP contribution in [0.4, 0.5) is 5.13 Å². The lowest BCUT2D eigenvalue weighted by Gasteiger charge is -2.22. The number of ether oxygens (including phenoxy) is 2. The lowest BCUT2D eigenvalue weighted by Crippen LogP contribution is -2.25. The van der Waals surface area contributed by atoms with E-state index in [1.807, 2.05) is 39.0 Å². The van der Waals surface area contributed by atoms with Crippen LogP contribution in [-0.2, 0) is 9.53 Å². The highest BCUT2D eigenvalue weighted by molar-refractivity contribution is 9.10. The zero-order valence-corrected chi connectivity index (χ0v) is 16.8. The lowest BCUT2D eigenvalue weighted by molar-refractivity contribution is -0.115. The van der Waals surface area contributed by atoms with Gasteiger partial charge in [0, 0.05) is 13.5 Å². The molecule has 1 amide bonds. The Hall–Kier alpha value is -1.18. The normalized spacial score (nSPS) is 13.0. The first-order valence-electron chi connectivity index (χ1n) is 7.88. The van der Waals surface area contributed by atoms with Crippen LogP contribution in [0, 0.1) is 0 Å². The fourth-order valence-electron chi connectivity index (χ4n) is 1.93. The van der Waals surface area contributed by atoms with E-state index in [1.54, 1.807) is 7.11 Å². The number of aromatic nitrogens is 1. The van der Waals surface area contributed by atoms with Gasteiger partial charge in [-0.3, -0.25) is 4.79 Å². The summed E-state index contributed by atoms with van der Waals surface area (Å²) in [5.41, 5.74) is 0.653. The summed E-state index contributed by atoms with van der Waals surface area (Å²) in [4.78, 5) is 16.2. The molecule has 1 atom stereocenters. The van der Waals surface area contributed by atoms with E-state index in [0.29, 0.717) is 11.7 Å². The number of carbonyl (C=O) groups excluding carboxylic acids is 1.